The van der Waals surface area contributed by atoms with Gasteiger partial charge in [0.2, 0.25) is 0 Å². The van der Waals surface area contributed by atoms with Gasteiger partial charge in [0.15, 0.2) is 0 Å². The second-order valence-electron chi connectivity index (χ2n) is 1.86. The van der Waals surface area contributed by atoms with Gasteiger partial charge in [0.1, 0.15) is 6.61 Å². The first-order valence-corrected chi connectivity index (χ1v) is 2.84. The molecular formula is C5H10NO2. The zero-order chi connectivity index (χ0) is 5.82. The van der Waals surface area contributed by atoms with Gasteiger partial charge in [-0.2, -0.15) is 0 Å². The predicted molar refractivity (Wildman–Crippen MR) is 28.2 cm³/mol. The Morgan fingerprint density at radius 3 is 2.75 bits per heavy atom. The summed E-state index contributed by atoms with van der Waals surface area (Å²) in [6, 6.07) is 0. The number of hydrogen-bond acceptors (Lipinski definition) is 2. The Morgan fingerprint density at radius 1 is 1.62 bits per heavy atom. The van der Waals surface area contributed by atoms with Crippen LogP contribution in [0.4, 0.5) is 0 Å². The van der Waals surface area contributed by atoms with Crippen molar-refractivity contribution in [3.05, 3.63) is 0 Å². The number of nitrogens with one attached hydrogen (secondary N) is 1. The van der Waals surface area contributed by atoms with Crippen molar-refractivity contribution in [2.45, 2.75) is 6.10 Å². The van der Waals surface area contributed by atoms with Gasteiger partial charge < -0.3 is 10.1 Å². The van der Waals surface area contributed by atoms with Gasteiger partial charge in [0.25, 0.3) is 0 Å². The van der Waals surface area contributed by atoms with E-state index in [0.29, 0.717) is 12.7 Å². The van der Waals surface area contributed by atoms with Gasteiger partial charge in [-0.25, -0.2) is 5.11 Å². The highest BCUT2D eigenvalue weighted by molar-refractivity contribution is 4.74. The standard InChI is InChI=1S/C5H10NO2/c7-1-2-8-5-3-6-4-5/h5-6H,1-4H2. The molecule has 0 aromatic heterocycles. The van der Waals surface area contributed by atoms with Crippen molar-refractivity contribution < 1.29 is 9.84 Å². The van der Waals surface area contributed by atoms with Crippen LogP contribution in [0.2, 0.25) is 0 Å². The van der Waals surface area contributed by atoms with E-state index < -0.39 is 0 Å². The molecule has 0 bridgehead atoms. The number of hydrogen-bond donors (Lipinski definition) is 1. The fraction of sp³-hybridized carbons (Fsp3) is 1.00. The van der Waals surface area contributed by atoms with Crippen molar-refractivity contribution >= 4 is 0 Å². The highest BCUT2D eigenvalue weighted by atomic mass is 16.5. The van der Waals surface area contributed by atoms with Crippen LogP contribution in [0.15, 0.2) is 0 Å². The molecule has 47 valence electrons. The third kappa shape index (κ3) is 1.43. The Hall–Kier alpha value is -0.120. The van der Waals surface area contributed by atoms with Crippen LogP contribution in [0.25, 0.3) is 0 Å². The van der Waals surface area contributed by atoms with E-state index in [-0.39, 0.29) is 6.61 Å². The lowest BCUT2D eigenvalue weighted by atomic mass is 10.2. The Morgan fingerprint density at radius 2 is 2.38 bits per heavy atom. The molecule has 1 N–H and O–H groups in total. The molecule has 3 nitrogen and oxygen atoms in total. The van der Waals surface area contributed by atoms with Gasteiger partial charge in [0, 0.05) is 13.1 Å². The van der Waals surface area contributed by atoms with Crippen molar-refractivity contribution in [3.8, 4) is 0 Å². The Bertz CT molecular complexity index is 63.4. The van der Waals surface area contributed by atoms with Gasteiger partial charge in [0.05, 0.1) is 12.7 Å². The van der Waals surface area contributed by atoms with Crippen molar-refractivity contribution in [2.24, 2.45) is 0 Å². The van der Waals surface area contributed by atoms with E-state index in [1.165, 1.54) is 0 Å². The van der Waals surface area contributed by atoms with Gasteiger partial charge in [-0.3, -0.25) is 0 Å². The van der Waals surface area contributed by atoms with Crippen molar-refractivity contribution in [1.29, 1.82) is 0 Å². The summed E-state index contributed by atoms with van der Waals surface area (Å²) in [5, 5.41) is 12.9. The molecule has 0 spiro atoms. The first kappa shape index (κ1) is 6.01. The van der Waals surface area contributed by atoms with Crippen molar-refractivity contribution in [2.75, 3.05) is 26.3 Å². The fourth-order valence-corrected chi connectivity index (χ4v) is 0.595. The van der Waals surface area contributed by atoms with Gasteiger partial charge in [-0.05, 0) is 0 Å². The average molecular weight is 116 g/mol. The molecule has 1 fully saturated rings. The minimum atomic E-state index is -0.115. The normalized spacial score (nSPS) is 20.6. The van der Waals surface area contributed by atoms with E-state index in [4.69, 9.17) is 4.74 Å². The molecule has 0 amide bonds. The predicted octanol–water partition coefficient (Wildman–Crippen LogP) is -0.595. The summed E-state index contributed by atoms with van der Waals surface area (Å²) in [5.74, 6) is 0. The highest BCUT2D eigenvalue weighted by Crippen LogP contribution is 1.95. The first-order valence-electron chi connectivity index (χ1n) is 2.84. The van der Waals surface area contributed by atoms with Crippen molar-refractivity contribution in [3.63, 3.8) is 0 Å². The third-order valence-corrected chi connectivity index (χ3v) is 1.18. The monoisotopic (exact) mass is 116 g/mol. The minimum absolute atomic E-state index is 0.115. The molecule has 0 unspecified atom stereocenters. The van der Waals surface area contributed by atoms with E-state index in [2.05, 4.69) is 5.32 Å². The van der Waals surface area contributed by atoms with Crippen LogP contribution in [0.1, 0.15) is 0 Å². The SMILES string of the molecule is [O]CCOC1CNC1. The van der Waals surface area contributed by atoms with E-state index in [0.717, 1.165) is 13.1 Å². The molecule has 1 rings (SSSR count). The lowest BCUT2D eigenvalue weighted by molar-refractivity contribution is -0.0117. The summed E-state index contributed by atoms with van der Waals surface area (Å²) in [6.07, 6.45) is 0.323. The molecule has 1 aliphatic heterocycles. The highest BCUT2D eigenvalue weighted by Gasteiger charge is 2.15. The first-order chi connectivity index (χ1) is 3.93. The van der Waals surface area contributed by atoms with E-state index >= 15 is 0 Å². The molecule has 1 saturated heterocycles. The van der Waals surface area contributed by atoms with Crippen LogP contribution in [-0.2, 0) is 9.84 Å². The third-order valence-electron chi connectivity index (χ3n) is 1.18. The second-order valence-corrected chi connectivity index (χ2v) is 1.86. The van der Waals surface area contributed by atoms with E-state index in [1.54, 1.807) is 0 Å². The zero-order valence-electron chi connectivity index (χ0n) is 4.72. The Balaban J connectivity index is 1.86. The quantitative estimate of drug-likeness (QED) is 0.535. The van der Waals surface area contributed by atoms with Gasteiger partial charge in [-0.1, -0.05) is 0 Å². The van der Waals surface area contributed by atoms with E-state index in [1.807, 2.05) is 0 Å². The number of rotatable bonds is 3. The van der Waals surface area contributed by atoms with Crippen LogP contribution in [0.3, 0.4) is 0 Å². The van der Waals surface area contributed by atoms with Crippen molar-refractivity contribution in [1.82, 2.24) is 5.32 Å². The molecule has 8 heavy (non-hydrogen) atoms. The van der Waals surface area contributed by atoms with Crippen LogP contribution in [0.5, 0.6) is 0 Å². The van der Waals surface area contributed by atoms with Gasteiger partial charge in [-0.15, -0.1) is 0 Å². The largest absolute Gasteiger partial charge is 0.373 e. The Kier molecular flexibility index (Phi) is 2.27. The van der Waals surface area contributed by atoms with Crippen LogP contribution >= 0.6 is 0 Å². The zero-order valence-corrected chi connectivity index (χ0v) is 4.72. The van der Waals surface area contributed by atoms with Crippen LogP contribution in [-0.4, -0.2) is 32.4 Å². The summed E-state index contributed by atoms with van der Waals surface area (Å²) < 4.78 is 5.05. The van der Waals surface area contributed by atoms with Gasteiger partial charge >= 0.3 is 0 Å². The molecule has 1 heterocycles. The molecule has 0 atom stereocenters. The summed E-state index contributed by atoms with van der Waals surface area (Å²) in [6.45, 7) is 2.09. The molecule has 1 radical (unpaired) electrons. The van der Waals surface area contributed by atoms with E-state index in [9.17, 15) is 5.11 Å². The lowest BCUT2D eigenvalue weighted by Gasteiger charge is -2.26. The van der Waals surface area contributed by atoms with Crippen LogP contribution in [0, 0.1) is 0 Å². The summed E-state index contributed by atoms with van der Waals surface area (Å²) in [7, 11) is 0. The molecular weight excluding hydrogens is 106 g/mol. The summed E-state index contributed by atoms with van der Waals surface area (Å²) in [5.41, 5.74) is 0. The molecule has 0 aromatic carbocycles. The molecule has 0 aromatic rings. The lowest BCUT2D eigenvalue weighted by Crippen LogP contribution is -2.48. The fourth-order valence-electron chi connectivity index (χ4n) is 0.595. The smallest absolute Gasteiger partial charge is 0.106 e. The number of ether oxygens (including phenoxy) is 1. The topological polar surface area (TPSA) is 41.2 Å². The molecule has 0 saturated carbocycles. The molecule has 0 aliphatic carbocycles. The molecule has 3 heteroatoms. The average Bonchev–Trinajstić information content (AvgIpc) is 1.63. The molecule has 1 aliphatic rings. The second kappa shape index (κ2) is 3.02. The maximum Gasteiger partial charge on any atom is 0.106 e. The van der Waals surface area contributed by atoms with Crippen LogP contribution < -0.4 is 5.32 Å². The maximum atomic E-state index is 9.83. The summed E-state index contributed by atoms with van der Waals surface area (Å²) in [4.78, 5) is 0. The Labute approximate surface area is 48.7 Å². The minimum Gasteiger partial charge on any atom is -0.373 e. The summed E-state index contributed by atoms with van der Waals surface area (Å²) >= 11 is 0. The maximum absolute atomic E-state index is 9.83.